The molecule has 1 rings (SSSR count). The minimum Gasteiger partial charge on any atom is -0.487 e. The fourth-order valence-corrected chi connectivity index (χ4v) is 2.05. The Morgan fingerprint density at radius 3 is 2.71 bits per heavy atom. The molecule has 0 aromatic heterocycles. The van der Waals surface area contributed by atoms with Gasteiger partial charge in [0.15, 0.2) is 5.75 Å². The Kier molecular flexibility index (Phi) is 6.45. The second kappa shape index (κ2) is 8.08. The topological polar surface area (TPSA) is 102 Å². The molecule has 21 heavy (non-hydrogen) atoms. The van der Waals surface area contributed by atoms with Crippen molar-refractivity contribution in [1.29, 1.82) is 0 Å². The van der Waals surface area contributed by atoms with Crippen LogP contribution < -0.4 is 10.1 Å². The Balaban J connectivity index is 2.93. The van der Waals surface area contributed by atoms with Crippen LogP contribution in [0.3, 0.4) is 0 Å². The van der Waals surface area contributed by atoms with Crippen molar-refractivity contribution in [3.05, 3.63) is 28.3 Å². The van der Waals surface area contributed by atoms with Gasteiger partial charge in [0.25, 0.3) is 0 Å². The molecule has 0 heterocycles. The van der Waals surface area contributed by atoms with Gasteiger partial charge in [-0.15, -0.1) is 0 Å². The molecule has 0 fully saturated rings. The molecule has 0 saturated heterocycles. The highest BCUT2D eigenvalue weighted by atomic mass is 16.6. The molecule has 0 aliphatic carbocycles. The highest BCUT2D eigenvalue weighted by molar-refractivity contribution is 5.68. The van der Waals surface area contributed by atoms with Crippen molar-refractivity contribution in [1.82, 2.24) is 0 Å². The lowest BCUT2D eigenvalue weighted by molar-refractivity contribution is -0.385. The van der Waals surface area contributed by atoms with Gasteiger partial charge >= 0.3 is 11.7 Å². The Morgan fingerprint density at radius 1 is 1.48 bits per heavy atom. The van der Waals surface area contributed by atoms with Gasteiger partial charge in [-0.2, -0.15) is 0 Å². The molecule has 1 atom stereocenters. The first-order valence-electron chi connectivity index (χ1n) is 6.87. The number of nitro benzene ring substituents is 1. The molecule has 7 heteroatoms. The maximum absolute atomic E-state index is 10.9. The van der Waals surface area contributed by atoms with Gasteiger partial charge in [-0.3, -0.25) is 14.9 Å². The van der Waals surface area contributed by atoms with E-state index >= 15 is 0 Å². The number of carboxylic acid groups (broad SMARTS) is 1. The average molecular weight is 296 g/mol. The summed E-state index contributed by atoms with van der Waals surface area (Å²) in [4.78, 5) is 21.2. The van der Waals surface area contributed by atoms with Gasteiger partial charge in [-0.05, 0) is 19.4 Å². The highest BCUT2D eigenvalue weighted by Gasteiger charge is 2.17. The van der Waals surface area contributed by atoms with E-state index in [0.717, 1.165) is 6.42 Å². The van der Waals surface area contributed by atoms with E-state index in [0.29, 0.717) is 18.7 Å². The molecule has 0 saturated carbocycles. The molecule has 0 amide bonds. The third-order valence-corrected chi connectivity index (χ3v) is 2.89. The van der Waals surface area contributed by atoms with E-state index in [1.807, 2.05) is 6.92 Å². The van der Waals surface area contributed by atoms with E-state index in [4.69, 9.17) is 9.84 Å². The van der Waals surface area contributed by atoms with Crippen LogP contribution in [0, 0.1) is 10.1 Å². The fraction of sp³-hybridized carbons (Fsp3) is 0.500. The third-order valence-electron chi connectivity index (χ3n) is 2.89. The third kappa shape index (κ3) is 5.29. The number of nitrogens with one attached hydrogen (secondary N) is 1. The van der Waals surface area contributed by atoms with E-state index in [-0.39, 0.29) is 23.9 Å². The molecule has 0 radical (unpaired) electrons. The van der Waals surface area contributed by atoms with Crippen LogP contribution in [0.25, 0.3) is 0 Å². The predicted octanol–water partition coefficient (Wildman–Crippen LogP) is 3.05. The Bertz CT molecular complexity index is 504. The number of ether oxygens (including phenoxy) is 1. The molecule has 1 aromatic rings. The lowest BCUT2D eigenvalue weighted by atomic mass is 10.1. The van der Waals surface area contributed by atoms with Crippen molar-refractivity contribution < 1.29 is 19.6 Å². The number of rotatable bonds is 9. The van der Waals surface area contributed by atoms with E-state index in [2.05, 4.69) is 5.32 Å². The van der Waals surface area contributed by atoms with Crippen LogP contribution in [-0.4, -0.2) is 28.6 Å². The van der Waals surface area contributed by atoms with Crippen molar-refractivity contribution in [2.45, 2.75) is 39.2 Å². The van der Waals surface area contributed by atoms with Crippen LogP contribution in [-0.2, 0) is 4.79 Å². The summed E-state index contributed by atoms with van der Waals surface area (Å²) in [5.41, 5.74) is 0.511. The van der Waals surface area contributed by atoms with Gasteiger partial charge in [-0.1, -0.05) is 13.3 Å². The van der Waals surface area contributed by atoms with Gasteiger partial charge in [0.05, 0.1) is 18.0 Å². The van der Waals surface area contributed by atoms with E-state index in [1.54, 1.807) is 13.0 Å². The number of hydrogen-bond acceptors (Lipinski definition) is 5. The number of carbonyl (C=O) groups is 1. The highest BCUT2D eigenvalue weighted by Crippen LogP contribution is 2.30. The summed E-state index contributed by atoms with van der Waals surface area (Å²) < 4.78 is 5.26. The van der Waals surface area contributed by atoms with Crippen LogP contribution in [0.15, 0.2) is 18.2 Å². The number of benzene rings is 1. The first-order chi connectivity index (χ1) is 9.97. The molecule has 2 N–H and O–H groups in total. The Labute approximate surface area is 123 Å². The lowest BCUT2D eigenvalue weighted by Crippen LogP contribution is -2.23. The zero-order valence-corrected chi connectivity index (χ0v) is 12.2. The second-order valence-corrected chi connectivity index (χ2v) is 4.60. The minimum atomic E-state index is -0.882. The fourth-order valence-electron chi connectivity index (χ4n) is 2.05. The van der Waals surface area contributed by atoms with Crippen LogP contribution in [0.1, 0.15) is 33.1 Å². The summed E-state index contributed by atoms with van der Waals surface area (Å²) in [6.45, 7) is 4.03. The summed E-state index contributed by atoms with van der Waals surface area (Å²) >= 11 is 0. The monoisotopic (exact) mass is 296 g/mol. The van der Waals surface area contributed by atoms with Crippen LogP contribution >= 0.6 is 0 Å². The summed E-state index contributed by atoms with van der Waals surface area (Å²) in [6.07, 6.45) is 1.54. The largest absolute Gasteiger partial charge is 0.487 e. The number of anilines is 1. The number of carboxylic acids is 1. The first kappa shape index (κ1) is 16.7. The van der Waals surface area contributed by atoms with Crippen molar-refractivity contribution in [3.63, 3.8) is 0 Å². The van der Waals surface area contributed by atoms with E-state index < -0.39 is 10.9 Å². The molecular formula is C14H20N2O5. The summed E-state index contributed by atoms with van der Waals surface area (Å²) in [6, 6.07) is 4.23. The van der Waals surface area contributed by atoms with Crippen molar-refractivity contribution in [2.75, 3.05) is 11.9 Å². The van der Waals surface area contributed by atoms with Gasteiger partial charge in [0.2, 0.25) is 0 Å². The average Bonchev–Trinajstić information content (AvgIpc) is 2.38. The van der Waals surface area contributed by atoms with Gasteiger partial charge in [-0.25, -0.2) is 0 Å². The molecular weight excluding hydrogens is 276 g/mol. The minimum absolute atomic E-state index is 0.00516. The van der Waals surface area contributed by atoms with Crippen molar-refractivity contribution >= 4 is 17.3 Å². The molecule has 7 nitrogen and oxygen atoms in total. The van der Waals surface area contributed by atoms with Gasteiger partial charge in [0.1, 0.15) is 0 Å². The van der Waals surface area contributed by atoms with Gasteiger partial charge in [0, 0.05) is 23.9 Å². The molecule has 1 aromatic carbocycles. The van der Waals surface area contributed by atoms with Crippen LogP contribution in [0.4, 0.5) is 11.4 Å². The zero-order valence-electron chi connectivity index (χ0n) is 12.2. The second-order valence-electron chi connectivity index (χ2n) is 4.60. The normalized spacial score (nSPS) is 11.7. The number of hydrogen-bond donors (Lipinski definition) is 2. The molecule has 0 bridgehead atoms. The molecule has 116 valence electrons. The summed E-state index contributed by atoms with van der Waals surface area (Å²) in [7, 11) is 0. The van der Waals surface area contributed by atoms with E-state index in [1.165, 1.54) is 12.1 Å². The number of nitrogens with zero attached hydrogens (tertiary/aromatic N) is 1. The SMILES string of the molecule is CCCC(CC(=O)O)Nc1ccc([N+](=O)[O-])c(OCC)c1. The van der Waals surface area contributed by atoms with Crippen molar-refractivity contribution in [2.24, 2.45) is 0 Å². The quantitative estimate of drug-likeness (QED) is 0.536. The Hall–Kier alpha value is -2.31. The lowest BCUT2D eigenvalue weighted by Gasteiger charge is -2.18. The predicted molar refractivity (Wildman–Crippen MR) is 78.8 cm³/mol. The molecule has 1 unspecified atom stereocenters. The first-order valence-corrected chi connectivity index (χ1v) is 6.87. The smallest absolute Gasteiger partial charge is 0.311 e. The number of nitro groups is 1. The molecule has 0 spiro atoms. The summed E-state index contributed by atoms with van der Waals surface area (Å²) in [5.74, 6) is -0.703. The Morgan fingerprint density at radius 2 is 2.19 bits per heavy atom. The molecule has 0 aliphatic heterocycles. The van der Waals surface area contributed by atoms with Crippen LogP contribution in [0.2, 0.25) is 0 Å². The maximum Gasteiger partial charge on any atom is 0.311 e. The van der Waals surface area contributed by atoms with Gasteiger partial charge < -0.3 is 15.2 Å². The van der Waals surface area contributed by atoms with E-state index in [9.17, 15) is 14.9 Å². The van der Waals surface area contributed by atoms with Crippen molar-refractivity contribution in [3.8, 4) is 5.75 Å². The summed E-state index contributed by atoms with van der Waals surface area (Å²) in [5, 5.41) is 22.9. The van der Waals surface area contributed by atoms with Crippen LogP contribution in [0.5, 0.6) is 5.75 Å². The maximum atomic E-state index is 10.9. The molecule has 0 aliphatic rings. The standard InChI is InChI=1S/C14H20N2O5/c1-3-5-10(9-14(17)18)15-11-6-7-12(16(19)20)13(8-11)21-4-2/h6-8,10,15H,3-5,9H2,1-2H3,(H,17,18). The zero-order chi connectivity index (χ0) is 15.8. The number of aliphatic carboxylic acids is 1.